The molecule has 4 rings (SSSR count). The highest BCUT2D eigenvalue weighted by molar-refractivity contribution is 6.30. The minimum atomic E-state index is 0.122. The number of hydrogen-bond donors (Lipinski definition) is 0. The van der Waals surface area contributed by atoms with Crippen molar-refractivity contribution >= 4 is 17.5 Å². The highest BCUT2D eigenvalue weighted by Crippen LogP contribution is 2.40. The van der Waals surface area contributed by atoms with E-state index in [1.165, 1.54) is 5.56 Å². The molecule has 0 saturated carbocycles. The summed E-state index contributed by atoms with van der Waals surface area (Å²) in [5.41, 5.74) is 2.25. The van der Waals surface area contributed by atoms with Gasteiger partial charge in [0.05, 0.1) is 6.61 Å². The van der Waals surface area contributed by atoms with Gasteiger partial charge < -0.3 is 9.64 Å². The fraction of sp³-hybridized carbons (Fsp3) is 0.480. The van der Waals surface area contributed by atoms with Crippen molar-refractivity contribution in [1.29, 1.82) is 0 Å². The average Bonchev–Trinajstić information content (AvgIpc) is 3.33. The summed E-state index contributed by atoms with van der Waals surface area (Å²) in [4.78, 5) is 17.4. The van der Waals surface area contributed by atoms with Crippen molar-refractivity contribution in [3.63, 3.8) is 0 Å². The van der Waals surface area contributed by atoms with Gasteiger partial charge in [0.2, 0.25) is 0 Å². The van der Waals surface area contributed by atoms with Crippen LogP contribution >= 0.6 is 11.6 Å². The lowest BCUT2D eigenvalue weighted by Gasteiger charge is -2.25. The number of carbonyl (C=O) groups is 1. The largest absolute Gasteiger partial charge is 0.493 e. The predicted molar refractivity (Wildman–Crippen MR) is 121 cm³/mol. The van der Waals surface area contributed by atoms with E-state index in [2.05, 4.69) is 36.9 Å². The van der Waals surface area contributed by atoms with Crippen molar-refractivity contribution in [3.8, 4) is 5.75 Å². The quantitative estimate of drug-likeness (QED) is 0.643. The molecule has 1 spiro atoms. The van der Waals surface area contributed by atoms with Crippen LogP contribution in [0.2, 0.25) is 5.02 Å². The number of nitrogens with zero attached hydrogens (tertiary/aromatic N) is 2. The third-order valence-electron chi connectivity index (χ3n) is 6.22. The number of likely N-dealkylation sites (tertiary alicyclic amines) is 2. The molecule has 0 N–H and O–H groups in total. The first-order valence-corrected chi connectivity index (χ1v) is 11.3. The number of carbonyl (C=O) groups excluding carboxylic acids is 1. The number of amides is 1. The summed E-state index contributed by atoms with van der Waals surface area (Å²) in [6.45, 7) is 9.83. The maximum absolute atomic E-state index is 12.9. The first-order chi connectivity index (χ1) is 14.4. The summed E-state index contributed by atoms with van der Waals surface area (Å²) in [5.74, 6) is 1.60. The standard InChI is InChI=1S/C25H31ClN2O2/c1-19(2)16-30-23-5-3-4-20(14-23)15-27-12-10-25(17-27)11-13-28(18-25)24(29)21-6-8-22(26)9-7-21/h3-9,14,19H,10-13,15-18H2,1-2H3. The van der Waals surface area contributed by atoms with Crippen LogP contribution in [0, 0.1) is 11.3 Å². The van der Waals surface area contributed by atoms with Gasteiger partial charge in [-0.3, -0.25) is 9.69 Å². The Morgan fingerprint density at radius 2 is 1.87 bits per heavy atom. The van der Waals surface area contributed by atoms with Crippen LogP contribution in [0.4, 0.5) is 0 Å². The minimum Gasteiger partial charge on any atom is -0.493 e. The Bertz CT molecular complexity index is 883. The van der Waals surface area contributed by atoms with Gasteiger partial charge >= 0.3 is 0 Å². The van der Waals surface area contributed by atoms with Gasteiger partial charge in [-0.05, 0) is 67.3 Å². The third-order valence-corrected chi connectivity index (χ3v) is 6.47. The molecule has 5 heteroatoms. The summed E-state index contributed by atoms with van der Waals surface area (Å²) >= 11 is 5.96. The molecule has 2 aliphatic heterocycles. The lowest BCUT2D eigenvalue weighted by atomic mass is 9.86. The highest BCUT2D eigenvalue weighted by Gasteiger charge is 2.44. The molecule has 2 fully saturated rings. The average molecular weight is 427 g/mol. The summed E-state index contributed by atoms with van der Waals surface area (Å²) < 4.78 is 5.88. The second-order valence-electron chi connectivity index (χ2n) is 9.30. The van der Waals surface area contributed by atoms with Gasteiger partial charge in [-0.2, -0.15) is 0 Å². The molecule has 1 unspecified atom stereocenters. The summed E-state index contributed by atoms with van der Waals surface area (Å²) in [5, 5.41) is 0.662. The molecule has 30 heavy (non-hydrogen) atoms. The van der Waals surface area contributed by atoms with Crippen LogP contribution in [-0.4, -0.2) is 48.5 Å². The number of rotatable bonds is 6. The Labute approximate surface area is 184 Å². The number of hydrogen-bond acceptors (Lipinski definition) is 3. The van der Waals surface area contributed by atoms with E-state index >= 15 is 0 Å². The molecule has 4 nitrogen and oxygen atoms in total. The molecule has 2 heterocycles. The van der Waals surface area contributed by atoms with E-state index in [0.29, 0.717) is 10.9 Å². The molecule has 0 radical (unpaired) electrons. The van der Waals surface area contributed by atoms with E-state index < -0.39 is 0 Å². The highest BCUT2D eigenvalue weighted by atomic mass is 35.5. The number of benzene rings is 2. The molecule has 1 amide bonds. The van der Waals surface area contributed by atoms with Crippen molar-refractivity contribution in [2.45, 2.75) is 33.2 Å². The Kier molecular flexibility index (Phi) is 6.35. The van der Waals surface area contributed by atoms with Gasteiger partial charge in [0.1, 0.15) is 5.75 Å². The Morgan fingerprint density at radius 1 is 1.10 bits per heavy atom. The molecule has 2 aromatic rings. The van der Waals surface area contributed by atoms with Crippen LogP contribution in [0.25, 0.3) is 0 Å². The Hall–Kier alpha value is -2.04. The van der Waals surface area contributed by atoms with Gasteiger partial charge in [0, 0.05) is 42.2 Å². The lowest BCUT2D eigenvalue weighted by molar-refractivity contribution is 0.0773. The van der Waals surface area contributed by atoms with Gasteiger partial charge in [-0.25, -0.2) is 0 Å². The lowest BCUT2D eigenvalue weighted by Crippen LogP contribution is -2.34. The first-order valence-electron chi connectivity index (χ1n) is 10.9. The summed E-state index contributed by atoms with van der Waals surface area (Å²) in [7, 11) is 0. The smallest absolute Gasteiger partial charge is 0.253 e. The third kappa shape index (κ3) is 4.98. The first kappa shape index (κ1) is 21.2. The van der Waals surface area contributed by atoms with E-state index in [-0.39, 0.29) is 11.3 Å². The number of ether oxygens (including phenoxy) is 1. The maximum atomic E-state index is 12.9. The van der Waals surface area contributed by atoms with Crippen molar-refractivity contribution in [2.75, 3.05) is 32.8 Å². The van der Waals surface area contributed by atoms with Crippen LogP contribution in [0.3, 0.4) is 0 Å². The van der Waals surface area contributed by atoms with E-state index in [0.717, 1.165) is 63.5 Å². The van der Waals surface area contributed by atoms with E-state index in [9.17, 15) is 4.79 Å². The van der Waals surface area contributed by atoms with Crippen molar-refractivity contribution in [1.82, 2.24) is 9.80 Å². The van der Waals surface area contributed by atoms with Crippen LogP contribution in [0.15, 0.2) is 48.5 Å². The van der Waals surface area contributed by atoms with Crippen molar-refractivity contribution < 1.29 is 9.53 Å². The van der Waals surface area contributed by atoms with Crippen molar-refractivity contribution in [2.24, 2.45) is 11.3 Å². The van der Waals surface area contributed by atoms with Crippen LogP contribution in [0.5, 0.6) is 5.75 Å². The monoisotopic (exact) mass is 426 g/mol. The van der Waals surface area contributed by atoms with Crippen LogP contribution in [0.1, 0.15) is 42.6 Å². The minimum absolute atomic E-state index is 0.122. The zero-order valence-electron chi connectivity index (χ0n) is 17.9. The van der Waals surface area contributed by atoms with Gasteiger partial charge in [-0.15, -0.1) is 0 Å². The fourth-order valence-corrected chi connectivity index (χ4v) is 4.76. The maximum Gasteiger partial charge on any atom is 0.253 e. The molecule has 2 aromatic carbocycles. The van der Waals surface area contributed by atoms with Gasteiger partial charge in [0.15, 0.2) is 0 Å². The normalized spacial score (nSPS) is 21.7. The molecule has 1 atom stereocenters. The fourth-order valence-electron chi connectivity index (χ4n) is 4.63. The van der Waals surface area contributed by atoms with Crippen LogP contribution in [-0.2, 0) is 6.54 Å². The molecule has 0 bridgehead atoms. The van der Waals surface area contributed by atoms with E-state index in [1.807, 2.05) is 23.1 Å². The molecule has 0 aliphatic carbocycles. The molecular formula is C25H31ClN2O2. The number of halogens is 1. The summed E-state index contributed by atoms with van der Waals surface area (Å²) in [6.07, 6.45) is 2.24. The van der Waals surface area contributed by atoms with Crippen LogP contribution < -0.4 is 4.74 Å². The zero-order valence-corrected chi connectivity index (χ0v) is 18.7. The molecule has 0 aromatic heterocycles. The predicted octanol–water partition coefficient (Wildman–Crippen LogP) is 5.11. The Balaban J connectivity index is 1.34. The zero-order chi connectivity index (χ0) is 21.1. The second kappa shape index (κ2) is 8.99. The van der Waals surface area contributed by atoms with E-state index in [4.69, 9.17) is 16.3 Å². The molecular weight excluding hydrogens is 396 g/mol. The second-order valence-corrected chi connectivity index (χ2v) is 9.73. The molecule has 160 valence electrons. The topological polar surface area (TPSA) is 32.8 Å². The van der Waals surface area contributed by atoms with E-state index in [1.54, 1.807) is 12.1 Å². The van der Waals surface area contributed by atoms with Crippen molar-refractivity contribution in [3.05, 3.63) is 64.7 Å². The SMILES string of the molecule is CC(C)COc1cccc(CN2CCC3(CCN(C(=O)c4ccc(Cl)cc4)C3)C2)c1. The van der Waals surface area contributed by atoms with Gasteiger partial charge in [0.25, 0.3) is 5.91 Å². The molecule has 2 saturated heterocycles. The molecule has 2 aliphatic rings. The Morgan fingerprint density at radius 3 is 2.63 bits per heavy atom. The van der Waals surface area contributed by atoms with Gasteiger partial charge in [-0.1, -0.05) is 37.6 Å². The summed E-state index contributed by atoms with van der Waals surface area (Å²) in [6, 6.07) is 15.7.